The Morgan fingerprint density at radius 3 is 2.06 bits per heavy atom. The number of carbonyl (C=O) groups is 1. The number of rotatable bonds is 20. The number of ether oxygens (including phenoxy) is 4. The topological polar surface area (TPSA) is 214 Å². The van der Waals surface area contributed by atoms with Crippen molar-refractivity contribution in [1.82, 2.24) is 34.5 Å². The van der Waals surface area contributed by atoms with Gasteiger partial charge in [-0.15, -0.1) is 5.10 Å². The summed E-state index contributed by atoms with van der Waals surface area (Å²) in [6.45, 7) is 5.66. The number of benzene rings is 3. The molecule has 1 aliphatic heterocycles. The molecule has 1 saturated heterocycles. The molecule has 1 fully saturated rings. The second kappa shape index (κ2) is 21.0. The number of aromatic nitrogens is 5. The van der Waals surface area contributed by atoms with E-state index in [1.54, 1.807) is 57.3 Å². The van der Waals surface area contributed by atoms with Crippen molar-refractivity contribution >= 4 is 13.7 Å². The van der Waals surface area contributed by atoms with Crippen molar-refractivity contribution in [2.24, 2.45) is 0 Å². The van der Waals surface area contributed by atoms with Gasteiger partial charge in [0.2, 0.25) is 0 Å². The SMILES string of the molecule is COc1ccc(C(OC[C@H]2O[C@@H](n3ccc(=O)[nH]c3=O)[C@H](n3cc(CNC(=O)C(F)(F)F)nn3)[C@@H]2OP(=O)(OCCC#N)N(C(C)C)C(C)C)(c2ccccc2)c2ccc(OC)cc2)cc1. The highest BCUT2D eigenvalue weighted by Gasteiger charge is 2.54. The molecule has 352 valence electrons. The van der Waals surface area contributed by atoms with Gasteiger partial charge in [0.05, 0.1) is 52.7 Å². The standard InChI is InChI=1S/C44H50F3N8O10P/c1-28(2)55(29(3)4)66(59,63-24-10-22-48)65-39-36(64-40(53-23-21-37(56)50-42(53)58)38(39)54-26-33(51-52-54)25-49-41(57)44(45,46)47)27-62-43(30-11-8-7-9-12-30,31-13-17-34(60-5)18-14-31)32-15-19-35(61-6)20-16-32/h7-9,11-21,23,26,28-29,36,38-40H,10,24-25,27H2,1-6H3,(H,49,57)(H,50,56,58)/t36-,38-,39-,40-,66?/m1/s1. The number of alkyl halides is 3. The summed E-state index contributed by atoms with van der Waals surface area (Å²) in [7, 11) is -1.44. The number of carbonyl (C=O) groups excluding carboxylic acids is 1. The fourth-order valence-electron chi connectivity index (χ4n) is 7.89. The number of nitriles is 1. The lowest BCUT2D eigenvalue weighted by atomic mass is 9.80. The molecule has 0 aliphatic carbocycles. The van der Waals surface area contributed by atoms with Crippen LogP contribution in [0.3, 0.4) is 0 Å². The number of methoxy groups -OCH3 is 2. The Kier molecular flexibility index (Phi) is 15.7. The molecule has 3 aromatic carbocycles. The van der Waals surface area contributed by atoms with Gasteiger partial charge in [-0.05, 0) is 68.7 Å². The fourth-order valence-corrected chi connectivity index (χ4v) is 10.2. The van der Waals surface area contributed by atoms with Crippen LogP contribution in [0, 0.1) is 11.3 Å². The van der Waals surface area contributed by atoms with Gasteiger partial charge in [-0.3, -0.25) is 28.2 Å². The molecule has 1 unspecified atom stereocenters. The van der Waals surface area contributed by atoms with Crippen molar-refractivity contribution in [3.63, 3.8) is 0 Å². The monoisotopic (exact) mass is 938 g/mol. The van der Waals surface area contributed by atoms with Gasteiger partial charge in [-0.2, -0.15) is 18.4 Å². The number of H-pyrrole nitrogens is 1. The average molecular weight is 939 g/mol. The smallest absolute Gasteiger partial charge is 0.471 e. The van der Waals surface area contributed by atoms with Crippen molar-refractivity contribution in [1.29, 1.82) is 5.26 Å². The number of nitrogens with zero attached hydrogens (tertiary/aromatic N) is 6. The van der Waals surface area contributed by atoms with Crippen molar-refractivity contribution < 1.29 is 50.5 Å². The van der Waals surface area contributed by atoms with Crippen LogP contribution in [0.1, 0.15) is 68.8 Å². The first-order valence-corrected chi connectivity index (χ1v) is 22.2. The molecule has 1 amide bonds. The molecule has 0 radical (unpaired) electrons. The summed E-state index contributed by atoms with van der Waals surface area (Å²) in [6.07, 6.45) is -7.24. The maximum Gasteiger partial charge on any atom is 0.471 e. The summed E-state index contributed by atoms with van der Waals surface area (Å²) in [5.74, 6) is -1.08. The number of halogens is 3. The lowest BCUT2D eigenvalue weighted by molar-refractivity contribution is -0.173. The molecule has 22 heteroatoms. The third-order valence-electron chi connectivity index (χ3n) is 10.7. The molecule has 3 heterocycles. The van der Waals surface area contributed by atoms with E-state index in [1.807, 2.05) is 60.7 Å². The number of amides is 1. The van der Waals surface area contributed by atoms with Crippen LogP contribution in [0.4, 0.5) is 13.2 Å². The number of nitrogens with one attached hydrogen (secondary N) is 2. The van der Waals surface area contributed by atoms with E-state index in [4.69, 9.17) is 28.0 Å². The molecule has 5 aromatic rings. The van der Waals surface area contributed by atoms with Crippen molar-refractivity contribution in [3.8, 4) is 17.6 Å². The summed E-state index contributed by atoms with van der Waals surface area (Å²) < 4.78 is 96.4. The lowest BCUT2D eigenvalue weighted by Gasteiger charge is -2.39. The quantitative estimate of drug-likeness (QED) is 0.0520. The molecule has 0 bridgehead atoms. The third kappa shape index (κ3) is 10.8. The molecule has 5 atom stereocenters. The molecule has 2 aromatic heterocycles. The number of hydrogen-bond acceptors (Lipinski definition) is 13. The zero-order valence-electron chi connectivity index (χ0n) is 36.9. The second-order valence-electron chi connectivity index (χ2n) is 15.6. The predicted molar refractivity (Wildman–Crippen MR) is 231 cm³/mol. The van der Waals surface area contributed by atoms with E-state index in [-0.39, 0.29) is 18.7 Å². The first-order chi connectivity index (χ1) is 31.4. The van der Waals surface area contributed by atoms with Gasteiger partial charge in [0.25, 0.3) is 5.56 Å². The van der Waals surface area contributed by atoms with Crippen LogP contribution < -0.4 is 26.0 Å². The summed E-state index contributed by atoms with van der Waals surface area (Å²) >= 11 is 0. The number of aromatic amines is 1. The average Bonchev–Trinajstić information content (AvgIpc) is 3.90. The molecule has 18 nitrogen and oxygen atoms in total. The van der Waals surface area contributed by atoms with E-state index in [0.29, 0.717) is 28.2 Å². The van der Waals surface area contributed by atoms with E-state index >= 15 is 4.57 Å². The number of hydrogen-bond donors (Lipinski definition) is 2. The Bertz CT molecular complexity index is 2560. The van der Waals surface area contributed by atoms with Crippen LogP contribution in [0.5, 0.6) is 11.5 Å². The van der Waals surface area contributed by atoms with Crippen molar-refractivity contribution in [2.75, 3.05) is 27.4 Å². The van der Waals surface area contributed by atoms with Crippen molar-refractivity contribution in [3.05, 3.63) is 141 Å². The van der Waals surface area contributed by atoms with Crippen LogP contribution in [0.2, 0.25) is 0 Å². The highest BCUT2D eigenvalue weighted by Crippen LogP contribution is 2.59. The maximum absolute atomic E-state index is 15.5. The van der Waals surface area contributed by atoms with Crippen molar-refractivity contribution in [2.45, 2.75) is 89.0 Å². The Morgan fingerprint density at radius 1 is 0.939 bits per heavy atom. The van der Waals surface area contributed by atoms with Crippen LogP contribution in [-0.4, -0.2) is 93.0 Å². The highest BCUT2D eigenvalue weighted by atomic mass is 31.2. The summed E-state index contributed by atoms with van der Waals surface area (Å²) in [5, 5.41) is 19.4. The van der Waals surface area contributed by atoms with E-state index < -0.39 is 86.4 Å². The Labute approximate surface area is 377 Å². The van der Waals surface area contributed by atoms with E-state index in [1.165, 1.54) is 31.3 Å². The molecule has 0 saturated carbocycles. The van der Waals surface area contributed by atoms with Gasteiger partial charge in [-0.25, -0.2) is 18.7 Å². The fraction of sp³-hybridized carbons (Fsp3) is 0.409. The minimum atomic E-state index is -5.18. The highest BCUT2D eigenvalue weighted by molar-refractivity contribution is 7.51. The second-order valence-corrected chi connectivity index (χ2v) is 17.5. The van der Waals surface area contributed by atoms with E-state index in [9.17, 15) is 32.8 Å². The van der Waals surface area contributed by atoms with Gasteiger partial charge in [0.15, 0.2) is 6.23 Å². The normalized spacial score (nSPS) is 18.6. The molecule has 6 rings (SSSR count). The Hall–Kier alpha value is -6.14. The summed E-state index contributed by atoms with van der Waals surface area (Å²) in [6, 6.07) is 24.4. The van der Waals surface area contributed by atoms with E-state index in [0.717, 1.165) is 15.3 Å². The third-order valence-corrected chi connectivity index (χ3v) is 13.2. The zero-order chi connectivity index (χ0) is 47.8. The van der Waals surface area contributed by atoms with Crippen LogP contribution in [0.25, 0.3) is 0 Å². The largest absolute Gasteiger partial charge is 0.497 e. The van der Waals surface area contributed by atoms with Gasteiger partial charge in [0.1, 0.15) is 41.0 Å². The Balaban J connectivity index is 1.56. The first kappa shape index (κ1) is 49.3. The van der Waals surface area contributed by atoms with Gasteiger partial charge >= 0.3 is 25.5 Å². The van der Waals surface area contributed by atoms with Gasteiger partial charge < -0.3 is 24.3 Å². The Morgan fingerprint density at radius 2 is 1.53 bits per heavy atom. The van der Waals surface area contributed by atoms with Crippen LogP contribution >= 0.6 is 7.75 Å². The summed E-state index contributed by atoms with van der Waals surface area (Å²) in [4.78, 5) is 40.0. The summed E-state index contributed by atoms with van der Waals surface area (Å²) in [5.41, 5.74) is -1.30. The molecule has 2 N–H and O–H groups in total. The van der Waals surface area contributed by atoms with E-state index in [2.05, 4.69) is 15.3 Å². The lowest BCUT2D eigenvalue weighted by Crippen LogP contribution is -2.42. The van der Waals surface area contributed by atoms with Gasteiger partial charge in [0, 0.05) is 24.3 Å². The predicted octanol–water partition coefficient (Wildman–Crippen LogP) is 6.01. The van der Waals surface area contributed by atoms with Crippen LogP contribution in [0.15, 0.2) is 107 Å². The molecule has 1 aliphatic rings. The minimum Gasteiger partial charge on any atom is -0.497 e. The molecule has 66 heavy (non-hydrogen) atoms. The first-order valence-electron chi connectivity index (χ1n) is 20.8. The molecular weight excluding hydrogens is 888 g/mol. The van der Waals surface area contributed by atoms with Gasteiger partial charge in [-0.1, -0.05) is 59.8 Å². The van der Waals surface area contributed by atoms with Crippen LogP contribution in [-0.2, 0) is 40.0 Å². The minimum absolute atomic E-state index is 0.139. The molecular formula is C44H50F3N8O10P. The maximum atomic E-state index is 15.5. The molecule has 0 spiro atoms. The zero-order valence-corrected chi connectivity index (χ0v) is 37.8.